The molecule has 0 aliphatic rings. The molecule has 2 rings (SSSR count). The van der Waals surface area contributed by atoms with E-state index in [1.807, 2.05) is 19.1 Å². The first kappa shape index (κ1) is 20.3. The Bertz CT molecular complexity index is 824. The highest BCUT2D eigenvalue weighted by atomic mass is 35.5. The Morgan fingerprint density at radius 3 is 2.48 bits per heavy atom. The number of urea groups is 1. The maximum Gasteiger partial charge on any atom is 0.312 e. The van der Waals surface area contributed by atoms with E-state index in [4.69, 9.17) is 22.1 Å². The normalized spacial score (nSPS) is 11.3. The Labute approximate surface area is 161 Å². The Balaban J connectivity index is 1.90. The number of carbonyl (C=O) groups is 3. The lowest BCUT2D eigenvalue weighted by Crippen LogP contribution is -2.35. The van der Waals surface area contributed by atoms with Gasteiger partial charge in [0.05, 0.1) is 12.5 Å². The van der Waals surface area contributed by atoms with Crippen molar-refractivity contribution >= 4 is 35.2 Å². The maximum atomic E-state index is 12.1. The third-order valence-electron chi connectivity index (χ3n) is 3.63. The summed E-state index contributed by atoms with van der Waals surface area (Å²) in [5.41, 5.74) is 7.41. The van der Waals surface area contributed by atoms with E-state index in [1.165, 1.54) is 0 Å². The molecule has 7 nitrogen and oxygen atoms in total. The number of carbonyl (C=O) groups excluding carboxylic acids is 3. The topological polar surface area (TPSA) is 111 Å². The molecule has 0 fully saturated rings. The van der Waals surface area contributed by atoms with Gasteiger partial charge >= 0.3 is 12.0 Å². The fourth-order valence-electron chi connectivity index (χ4n) is 2.41. The summed E-state index contributed by atoms with van der Waals surface area (Å²) < 4.78 is 4.99. The van der Waals surface area contributed by atoms with E-state index in [-0.39, 0.29) is 6.42 Å². The molecule has 2 aromatic rings. The van der Waals surface area contributed by atoms with Crippen LogP contribution in [0.4, 0.5) is 10.5 Å². The molecule has 0 aliphatic carbocycles. The Hall–Kier alpha value is -3.06. The van der Waals surface area contributed by atoms with Crippen molar-refractivity contribution in [1.29, 1.82) is 0 Å². The zero-order chi connectivity index (χ0) is 19.8. The van der Waals surface area contributed by atoms with Gasteiger partial charge in [0.2, 0.25) is 0 Å². The molecule has 3 amide bonds. The Kier molecular flexibility index (Phi) is 7.19. The fraction of sp³-hybridized carbons (Fsp3) is 0.211. The van der Waals surface area contributed by atoms with Crippen LogP contribution >= 0.6 is 11.6 Å². The summed E-state index contributed by atoms with van der Waals surface area (Å²) in [6.45, 7) is 1.47. The number of rotatable bonds is 7. The number of esters is 1. The van der Waals surface area contributed by atoms with Crippen LogP contribution in [0.1, 0.15) is 23.6 Å². The van der Waals surface area contributed by atoms with E-state index in [0.29, 0.717) is 16.3 Å². The smallest absolute Gasteiger partial charge is 0.312 e. The van der Waals surface area contributed by atoms with Gasteiger partial charge in [-0.15, -0.1) is 0 Å². The molecule has 4 N–H and O–H groups in total. The van der Waals surface area contributed by atoms with Crippen molar-refractivity contribution in [2.45, 2.75) is 19.4 Å². The van der Waals surface area contributed by atoms with Crippen molar-refractivity contribution in [1.82, 2.24) is 5.32 Å². The fourth-order valence-corrected chi connectivity index (χ4v) is 2.54. The van der Waals surface area contributed by atoms with Crippen LogP contribution in [0.2, 0.25) is 5.02 Å². The van der Waals surface area contributed by atoms with Crippen LogP contribution in [0.25, 0.3) is 0 Å². The lowest BCUT2D eigenvalue weighted by Gasteiger charge is -2.17. The summed E-state index contributed by atoms with van der Waals surface area (Å²) in [5.74, 6) is -1.11. The number of amides is 3. The highest BCUT2D eigenvalue weighted by molar-refractivity contribution is 6.30. The van der Waals surface area contributed by atoms with E-state index < -0.39 is 30.6 Å². The monoisotopic (exact) mass is 389 g/mol. The van der Waals surface area contributed by atoms with Crippen LogP contribution in [0.15, 0.2) is 48.5 Å². The molecule has 0 unspecified atom stereocenters. The van der Waals surface area contributed by atoms with Crippen LogP contribution in [-0.2, 0) is 14.3 Å². The lowest BCUT2D eigenvalue weighted by molar-refractivity contribution is -0.147. The predicted molar refractivity (Wildman–Crippen MR) is 102 cm³/mol. The number of anilines is 1. The van der Waals surface area contributed by atoms with Crippen LogP contribution < -0.4 is 16.4 Å². The SMILES string of the molecule is Cc1cccc(NC(=O)COC(=O)C[C@H](NC(N)=O)c2ccc(Cl)cc2)c1. The first-order valence-electron chi connectivity index (χ1n) is 8.17. The second kappa shape index (κ2) is 9.59. The molecule has 0 radical (unpaired) electrons. The quantitative estimate of drug-likeness (QED) is 0.632. The average Bonchev–Trinajstić information content (AvgIpc) is 2.60. The van der Waals surface area contributed by atoms with Crippen molar-refractivity contribution in [2.75, 3.05) is 11.9 Å². The first-order valence-corrected chi connectivity index (χ1v) is 8.55. The summed E-state index contributed by atoms with van der Waals surface area (Å²) in [7, 11) is 0. The van der Waals surface area contributed by atoms with Gasteiger partial charge in [-0.05, 0) is 42.3 Å². The second-order valence-electron chi connectivity index (χ2n) is 5.90. The van der Waals surface area contributed by atoms with E-state index in [2.05, 4.69) is 10.6 Å². The van der Waals surface area contributed by atoms with Crippen molar-refractivity contribution in [2.24, 2.45) is 5.73 Å². The summed E-state index contributed by atoms with van der Waals surface area (Å²) in [5, 5.41) is 5.64. The average molecular weight is 390 g/mol. The Morgan fingerprint density at radius 2 is 1.85 bits per heavy atom. The zero-order valence-electron chi connectivity index (χ0n) is 14.7. The van der Waals surface area contributed by atoms with E-state index in [1.54, 1.807) is 36.4 Å². The summed E-state index contributed by atoms with van der Waals surface area (Å²) in [4.78, 5) is 35.2. The third-order valence-corrected chi connectivity index (χ3v) is 3.88. The number of halogens is 1. The van der Waals surface area contributed by atoms with Gasteiger partial charge in [0, 0.05) is 10.7 Å². The molecule has 0 saturated carbocycles. The minimum atomic E-state index is -0.778. The molecule has 27 heavy (non-hydrogen) atoms. The van der Waals surface area contributed by atoms with Gasteiger partial charge in [0.15, 0.2) is 6.61 Å². The van der Waals surface area contributed by atoms with Gasteiger partial charge in [-0.3, -0.25) is 9.59 Å². The molecular weight excluding hydrogens is 370 g/mol. The number of primary amides is 1. The molecule has 0 saturated heterocycles. The van der Waals surface area contributed by atoms with Crippen LogP contribution in [0.3, 0.4) is 0 Å². The van der Waals surface area contributed by atoms with Gasteiger partial charge in [-0.2, -0.15) is 0 Å². The molecule has 8 heteroatoms. The number of hydrogen-bond acceptors (Lipinski definition) is 4. The molecule has 0 aliphatic heterocycles. The number of nitrogens with one attached hydrogen (secondary N) is 2. The zero-order valence-corrected chi connectivity index (χ0v) is 15.5. The van der Waals surface area contributed by atoms with Crippen LogP contribution in [0, 0.1) is 6.92 Å². The van der Waals surface area contributed by atoms with Crippen molar-refractivity contribution in [3.05, 3.63) is 64.7 Å². The maximum absolute atomic E-state index is 12.1. The van der Waals surface area contributed by atoms with E-state index in [0.717, 1.165) is 5.56 Å². The Morgan fingerprint density at radius 1 is 1.15 bits per heavy atom. The third kappa shape index (κ3) is 6.99. The van der Waals surface area contributed by atoms with Gasteiger partial charge < -0.3 is 21.1 Å². The van der Waals surface area contributed by atoms with E-state index >= 15 is 0 Å². The summed E-state index contributed by atoms with van der Waals surface area (Å²) in [6, 6.07) is 12.4. The number of hydrogen-bond donors (Lipinski definition) is 3. The number of nitrogens with two attached hydrogens (primary N) is 1. The summed E-state index contributed by atoms with van der Waals surface area (Å²) >= 11 is 5.84. The lowest BCUT2D eigenvalue weighted by atomic mass is 10.0. The molecule has 0 aromatic heterocycles. The number of ether oxygens (including phenoxy) is 1. The number of benzene rings is 2. The van der Waals surface area contributed by atoms with Gasteiger partial charge in [0.25, 0.3) is 5.91 Å². The molecule has 142 valence electrons. The molecule has 0 spiro atoms. The number of aryl methyl sites for hydroxylation is 1. The molecule has 1 atom stereocenters. The second-order valence-corrected chi connectivity index (χ2v) is 6.33. The molecule has 2 aromatic carbocycles. The van der Waals surface area contributed by atoms with Crippen LogP contribution in [0.5, 0.6) is 0 Å². The van der Waals surface area contributed by atoms with Crippen molar-refractivity contribution in [3.63, 3.8) is 0 Å². The standard InChI is InChI=1S/C19H20ClN3O4/c1-12-3-2-4-15(9-12)22-17(24)11-27-18(25)10-16(23-19(21)26)13-5-7-14(20)8-6-13/h2-9,16H,10-11H2,1H3,(H,22,24)(H3,21,23,26)/t16-/m0/s1. The minimum Gasteiger partial charge on any atom is -0.455 e. The molecule has 0 heterocycles. The largest absolute Gasteiger partial charge is 0.455 e. The van der Waals surface area contributed by atoms with Gasteiger partial charge in [-0.25, -0.2) is 4.79 Å². The van der Waals surface area contributed by atoms with E-state index in [9.17, 15) is 14.4 Å². The minimum absolute atomic E-state index is 0.178. The predicted octanol–water partition coefficient (Wildman–Crippen LogP) is 2.93. The van der Waals surface area contributed by atoms with Crippen molar-refractivity contribution < 1.29 is 19.1 Å². The summed E-state index contributed by atoms with van der Waals surface area (Å²) in [6.07, 6.45) is -0.178. The highest BCUT2D eigenvalue weighted by Crippen LogP contribution is 2.20. The van der Waals surface area contributed by atoms with Gasteiger partial charge in [0.1, 0.15) is 0 Å². The van der Waals surface area contributed by atoms with Crippen LogP contribution in [-0.4, -0.2) is 24.5 Å². The first-order chi connectivity index (χ1) is 12.8. The van der Waals surface area contributed by atoms with Crippen molar-refractivity contribution in [3.8, 4) is 0 Å². The molecular formula is C19H20ClN3O4. The van der Waals surface area contributed by atoms with Gasteiger partial charge in [-0.1, -0.05) is 35.9 Å². The molecule has 0 bridgehead atoms. The highest BCUT2D eigenvalue weighted by Gasteiger charge is 2.19.